The van der Waals surface area contributed by atoms with Crippen LogP contribution in [0.25, 0.3) is 33.4 Å². The Kier molecular flexibility index (Phi) is 5.84. The molecule has 0 spiro atoms. The van der Waals surface area contributed by atoms with Gasteiger partial charge in [0.05, 0.1) is 22.1 Å². The SMILES string of the molecule is CNS(=O)(=O)c1ccc(-c2[nH]c3ncnc(NCC4CCCO4)c3c2-c2ccccc2)cc1. The van der Waals surface area contributed by atoms with Crippen LogP contribution in [0.3, 0.4) is 0 Å². The van der Waals surface area contributed by atoms with Gasteiger partial charge in [-0.3, -0.25) is 0 Å². The molecular weight excluding hydrogens is 438 g/mol. The molecule has 8 nitrogen and oxygen atoms in total. The van der Waals surface area contributed by atoms with E-state index in [0.717, 1.165) is 53.0 Å². The molecule has 170 valence electrons. The molecule has 1 saturated heterocycles. The summed E-state index contributed by atoms with van der Waals surface area (Å²) in [5.74, 6) is 0.742. The lowest BCUT2D eigenvalue weighted by atomic mass is 9.99. The zero-order chi connectivity index (χ0) is 22.8. The molecule has 0 saturated carbocycles. The second-order valence-corrected chi connectivity index (χ2v) is 9.82. The smallest absolute Gasteiger partial charge is 0.240 e. The van der Waals surface area contributed by atoms with Crippen molar-refractivity contribution in [3.8, 4) is 22.4 Å². The summed E-state index contributed by atoms with van der Waals surface area (Å²) in [5, 5.41) is 4.35. The maximum absolute atomic E-state index is 12.1. The van der Waals surface area contributed by atoms with Crippen LogP contribution in [-0.4, -0.2) is 49.7 Å². The van der Waals surface area contributed by atoms with E-state index in [1.54, 1.807) is 24.3 Å². The van der Waals surface area contributed by atoms with Crippen LogP contribution < -0.4 is 10.0 Å². The molecule has 3 N–H and O–H groups in total. The lowest BCUT2D eigenvalue weighted by Crippen LogP contribution is -2.19. The first-order valence-corrected chi connectivity index (χ1v) is 12.4. The lowest BCUT2D eigenvalue weighted by molar-refractivity contribution is 0.120. The summed E-state index contributed by atoms with van der Waals surface area (Å²) < 4.78 is 32.4. The average molecular weight is 464 g/mol. The predicted octanol–water partition coefficient (Wildman–Crippen LogP) is 3.79. The minimum absolute atomic E-state index is 0.176. The molecule has 1 aliphatic heterocycles. The summed E-state index contributed by atoms with van der Waals surface area (Å²) in [4.78, 5) is 12.7. The molecule has 9 heteroatoms. The molecule has 2 aromatic carbocycles. The van der Waals surface area contributed by atoms with E-state index in [9.17, 15) is 8.42 Å². The molecule has 5 rings (SSSR count). The van der Waals surface area contributed by atoms with Crippen LogP contribution >= 0.6 is 0 Å². The van der Waals surface area contributed by atoms with E-state index in [1.807, 2.05) is 30.3 Å². The largest absolute Gasteiger partial charge is 0.376 e. The topological polar surface area (TPSA) is 109 Å². The highest BCUT2D eigenvalue weighted by molar-refractivity contribution is 7.89. The quantitative estimate of drug-likeness (QED) is 0.385. The molecule has 0 radical (unpaired) electrons. The summed E-state index contributed by atoms with van der Waals surface area (Å²) >= 11 is 0. The molecule has 2 aromatic heterocycles. The third-order valence-electron chi connectivity index (χ3n) is 5.90. The van der Waals surface area contributed by atoms with Crippen molar-refractivity contribution in [3.05, 3.63) is 60.9 Å². The summed E-state index contributed by atoms with van der Waals surface area (Å²) in [6.45, 7) is 1.48. The van der Waals surface area contributed by atoms with Crippen molar-refractivity contribution in [2.24, 2.45) is 0 Å². The first-order chi connectivity index (χ1) is 16.1. The summed E-state index contributed by atoms with van der Waals surface area (Å²) in [6.07, 6.45) is 3.83. The number of aromatic nitrogens is 3. The van der Waals surface area contributed by atoms with Crippen LogP contribution in [0.15, 0.2) is 65.8 Å². The number of nitrogens with zero attached hydrogens (tertiary/aromatic N) is 2. The average Bonchev–Trinajstić information content (AvgIpc) is 3.51. The van der Waals surface area contributed by atoms with E-state index >= 15 is 0 Å². The molecule has 1 unspecified atom stereocenters. The van der Waals surface area contributed by atoms with Crippen LogP contribution in [0, 0.1) is 0 Å². The number of aromatic amines is 1. The Hall–Kier alpha value is -3.27. The molecule has 1 aliphatic rings. The van der Waals surface area contributed by atoms with Crippen LogP contribution in [-0.2, 0) is 14.8 Å². The second-order valence-electron chi connectivity index (χ2n) is 7.93. The van der Waals surface area contributed by atoms with Crippen molar-refractivity contribution in [1.82, 2.24) is 19.7 Å². The molecule has 1 fully saturated rings. The van der Waals surface area contributed by atoms with Crippen molar-refractivity contribution < 1.29 is 13.2 Å². The number of H-pyrrole nitrogens is 1. The number of rotatable bonds is 7. The maximum Gasteiger partial charge on any atom is 0.240 e. The summed E-state index contributed by atoms with van der Waals surface area (Å²) in [5.41, 5.74) is 4.39. The number of fused-ring (bicyclic) bond motifs is 1. The predicted molar refractivity (Wildman–Crippen MR) is 128 cm³/mol. The fourth-order valence-corrected chi connectivity index (χ4v) is 4.93. The number of nitrogens with one attached hydrogen (secondary N) is 3. The molecule has 0 bridgehead atoms. The van der Waals surface area contributed by atoms with Gasteiger partial charge in [-0.1, -0.05) is 42.5 Å². The highest BCUT2D eigenvalue weighted by Crippen LogP contribution is 2.40. The van der Waals surface area contributed by atoms with Gasteiger partial charge in [0.1, 0.15) is 17.8 Å². The molecule has 0 amide bonds. The fraction of sp³-hybridized carbons (Fsp3) is 0.250. The highest BCUT2D eigenvalue weighted by Gasteiger charge is 2.22. The minimum Gasteiger partial charge on any atom is -0.376 e. The van der Waals surface area contributed by atoms with Gasteiger partial charge in [0.2, 0.25) is 10.0 Å². The van der Waals surface area contributed by atoms with Gasteiger partial charge in [-0.2, -0.15) is 0 Å². The van der Waals surface area contributed by atoms with E-state index in [0.29, 0.717) is 12.2 Å². The van der Waals surface area contributed by atoms with Crippen molar-refractivity contribution in [3.63, 3.8) is 0 Å². The zero-order valence-electron chi connectivity index (χ0n) is 18.2. The lowest BCUT2D eigenvalue weighted by Gasteiger charge is -2.13. The van der Waals surface area contributed by atoms with E-state index in [4.69, 9.17) is 4.74 Å². The van der Waals surface area contributed by atoms with E-state index in [1.165, 1.54) is 13.4 Å². The Balaban J connectivity index is 1.63. The number of ether oxygens (including phenoxy) is 1. The first-order valence-electron chi connectivity index (χ1n) is 10.9. The summed E-state index contributed by atoms with van der Waals surface area (Å²) in [6, 6.07) is 16.8. The van der Waals surface area contributed by atoms with Gasteiger partial charge in [-0.25, -0.2) is 23.1 Å². The van der Waals surface area contributed by atoms with Crippen LogP contribution in [0.5, 0.6) is 0 Å². The molecule has 1 atom stereocenters. The molecule has 0 aliphatic carbocycles. The maximum atomic E-state index is 12.1. The van der Waals surface area contributed by atoms with Gasteiger partial charge >= 0.3 is 0 Å². The van der Waals surface area contributed by atoms with Crippen molar-refractivity contribution in [2.45, 2.75) is 23.8 Å². The Morgan fingerprint density at radius 3 is 2.55 bits per heavy atom. The van der Waals surface area contributed by atoms with Crippen molar-refractivity contribution in [2.75, 3.05) is 25.5 Å². The van der Waals surface area contributed by atoms with Crippen LogP contribution in [0.1, 0.15) is 12.8 Å². The standard InChI is InChI=1S/C24H25N5O3S/c1-25-33(30,31)19-11-9-17(10-12-19)22-20(16-6-3-2-4-7-16)21-23(27-15-28-24(21)29-22)26-14-18-8-5-13-32-18/h2-4,6-7,9-12,15,18,25H,5,8,13-14H2,1H3,(H2,26,27,28,29). The van der Waals surface area contributed by atoms with Crippen LogP contribution in [0.2, 0.25) is 0 Å². The van der Waals surface area contributed by atoms with E-state index < -0.39 is 10.0 Å². The number of benzene rings is 2. The normalized spacial score (nSPS) is 16.3. The van der Waals surface area contributed by atoms with Gasteiger partial charge in [0, 0.05) is 18.7 Å². The van der Waals surface area contributed by atoms with Gasteiger partial charge < -0.3 is 15.0 Å². The van der Waals surface area contributed by atoms with E-state index in [2.05, 4.69) is 25.0 Å². The summed E-state index contributed by atoms with van der Waals surface area (Å²) in [7, 11) is -2.11. The third-order valence-corrected chi connectivity index (χ3v) is 7.33. The Morgan fingerprint density at radius 2 is 1.85 bits per heavy atom. The molecule has 4 aromatic rings. The monoisotopic (exact) mass is 463 g/mol. The van der Waals surface area contributed by atoms with Gasteiger partial charge in [0.15, 0.2) is 0 Å². The zero-order valence-corrected chi connectivity index (χ0v) is 19.0. The molecule has 33 heavy (non-hydrogen) atoms. The third kappa shape index (κ3) is 4.22. The second kappa shape index (κ2) is 8.93. The Labute approximate surface area is 192 Å². The highest BCUT2D eigenvalue weighted by atomic mass is 32.2. The van der Waals surface area contributed by atoms with Crippen LogP contribution in [0.4, 0.5) is 5.82 Å². The minimum atomic E-state index is -3.51. The molecule has 3 heterocycles. The number of sulfonamides is 1. The number of anilines is 1. The number of hydrogen-bond donors (Lipinski definition) is 3. The van der Waals surface area contributed by atoms with Gasteiger partial charge in [-0.05, 0) is 43.1 Å². The van der Waals surface area contributed by atoms with Crippen molar-refractivity contribution >= 4 is 26.9 Å². The van der Waals surface area contributed by atoms with E-state index in [-0.39, 0.29) is 11.0 Å². The van der Waals surface area contributed by atoms with Crippen molar-refractivity contribution in [1.29, 1.82) is 0 Å². The van der Waals surface area contributed by atoms with Gasteiger partial charge in [-0.15, -0.1) is 0 Å². The Morgan fingerprint density at radius 1 is 1.06 bits per heavy atom. The first kappa shape index (κ1) is 21.6. The molecular formula is C24H25N5O3S. The number of hydrogen-bond acceptors (Lipinski definition) is 6. The Bertz CT molecular complexity index is 1360. The van der Waals surface area contributed by atoms with Gasteiger partial charge in [0.25, 0.3) is 0 Å². The fourth-order valence-electron chi connectivity index (χ4n) is 4.20.